The minimum atomic E-state index is -0.347. The van der Waals surface area contributed by atoms with Gasteiger partial charge in [0.05, 0.1) is 6.10 Å². The summed E-state index contributed by atoms with van der Waals surface area (Å²) in [6.45, 7) is 3.89. The highest BCUT2D eigenvalue weighted by Gasteiger charge is 2.48. The lowest BCUT2D eigenvalue weighted by atomic mass is 9.64. The summed E-state index contributed by atoms with van der Waals surface area (Å²) in [4.78, 5) is 16.0. The molecule has 2 N–H and O–H groups in total. The van der Waals surface area contributed by atoms with Crippen LogP contribution in [0.3, 0.4) is 0 Å². The number of carbonyl (C=O) groups excluding carboxylic acids is 1. The molecule has 0 radical (unpaired) electrons. The number of amides is 1. The molecule has 1 amide bonds. The van der Waals surface area contributed by atoms with E-state index in [0.29, 0.717) is 16.6 Å². The van der Waals surface area contributed by atoms with Gasteiger partial charge in [-0.1, -0.05) is 13.8 Å². The van der Waals surface area contributed by atoms with Crippen LogP contribution in [0.25, 0.3) is 0 Å². The maximum absolute atomic E-state index is 12.0. The number of aromatic nitrogens is 1. The Morgan fingerprint density at radius 3 is 2.88 bits per heavy atom. The average molecular weight is 299 g/mol. The number of hydrogen-bond donors (Lipinski definition) is 2. The first kappa shape index (κ1) is 12.5. The van der Waals surface area contributed by atoms with Crippen molar-refractivity contribution in [2.45, 2.75) is 32.4 Å². The summed E-state index contributed by atoms with van der Waals surface area (Å²) in [5.74, 6) is -0.206. The zero-order chi connectivity index (χ0) is 12.6. The minimum Gasteiger partial charge on any atom is -0.392 e. The SMILES string of the molecule is CC1(C)C(O)CC1NC(=O)c1ncccc1Br. The van der Waals surface area contributed by atoms with Crippen molar-refractivity contribution in [3.63, 3.8) is 0 Å². The van der Waals surface area contributed by atoms with E-state index in [-0.39, 0.29) is 23.5 Å². The molecule has 17 heavy (non-hydrogen) atoms. The van der Waals surface area contributed by atoms with Crippen LogP contribution >= 0.6 is 15.9 Å². The van der Waals surface area contributed by atoms with Gasteiger partial charge in [-0.3, -0.25) is 4.79 Å². The Hall–Kier alpha value is -0.940. The van der Waals surface area contributed by atoms with E-state index in [1.54, 1.807) is 18.3 Å². The van der Waals surface area contributed by atoms with Gasteiger partial charge in [0.15, 0.2) is 0 Å². The third kappa shape index (κ3) is 2.21. The fourth-order valence-electron chi connectivity index (χ4n) is 1.93. The van der Waals surface area contributed by atoms with Gasteiger partial charge in [-0.05, 0) is 34.5 Å². The van der Waals surface area contributed by atoms with E-state index >= 15 is 0 Å². The van der Waals surface area contributed by atoms with E-state index in [1.165, 1.54) is 0 Å². The normalized spacial score (nSPS) is 26.1. The molecular weight excluding hydrogens is 284 g/mol. The van der Waals surface area contributed by atoms with Crippen LogP contribution in [0, 0.1) is 5.41 Å². The van der Waals surface area contributed by atoms with E-state index in [1.807, 2.05) is 13.8 Å². The minimum absolute atomic E-state index is 0.00101. The van der Waals surface area contributed by atoms with Gasteiger partial charge in [-0.2, -0.15) is 0 Å². The Morgan fingerprint density at radius 1 is 1.65 bits per heavy atom. The second-order valence-electron chi connectivity index (χ2n) is 4.93. The predicted octanol–water partition coefficient (Wildman–Crippen LogP) is 1.73. The molecule has 2 rings (SSSR count). The lowest BCUT2D eigenvalue weighted by Gasteiger charge is -2.49. The molecular formula is C12H15BrN2O2. The second kappa shape index (κ2) is 4.38. The van der Waals surface area contributed by atoms with E-state index in [2.05, 4.69) is 26.2 Å². The van der Waals surface area contributed by atoms with Crippen molar-refractivity contribution < 1.29 is 9.90 Å². The summed E-state index contributed by atoms with van der Waals surface area (Å²) >= 11 is 3.29. The molecule has 2 unspecified atom stereocenters. The highest BCUT2D eigenvalue weighted by molar-refractivity contribution is 9.10. The molecule has 0 spiro atoms. The molecule has 1 saturated carbocycles. The van der Waals surface area contributed by atoms with Crippen LogP contribution in [0.15, 0.2) is 22.8 Å². The molecule has 1 heterocycles. The van der Waals surface area contributed by atoms with Crippen molar-refractivity contribution in [1.29, 1.82) is 0 Å². The van der Waals surface area contributed by atoms with Crippen molar-refractivity contribution in [1.82, 2.24) is 10.3 Å². The number of hydrogen-bond acceptors (Lipinski definition) is 3. The largest absolute Gasteiger partial charge is 0.392 e. The fraction of sp³-hybridized carbons (Fsp3) is 0.500. The molecule has 4 nitrogen and oxygen atoms in total. The Bertz CT molecular complexity index is 448. The van der Waals surface area contributed by atoms with Gasteiger partial charge in [0.1, 0.15) is 5.69 Å². The zero-order valence-corrected chi connectivity index (χ0v) is 11.4. The fourth-order valence-corrected chi connectivity index (χ4v) is 2.36. The molecule has 1 aliphatic rings. The molecule has 1 aliphatic carbocycles. The first-order chi connectivity index (χ1) is 7.93. The summed E-state index contributed by atoms with van der Waals surface area (Å²) < 4.78 is 0.676. The first-order valence-electron chi connectivity index (χ1n) is 5.52. The van der Waals surface area contributed by atoms with Gasteiger partial charge in [0, 0.05) is 22.1 Å². The third-order valence-electron chi connectivity index (χ3n) is 3.49. The van der Waals surface area contributed by atoms with Gasteiger partial charge in [-0.25, -0.2) is 4.98 Å². The molecule has 2 atom stereocenters. The van der Waals surface area contributed by atoms with Crippen LogP contribution in [-0.2, 0) is 0 Å². The Labute approximate surface area is 109 Å². The number of halogens is 1. The van der Waals surface area contributed by atoms with Crippen molar-refractivity contribution >= 4 is 21.8 Å². The third-order valence-corrected chi connectivity index (χ3v) is 4.13. The maximum Gasteiger partial charge on any atom is 0.271 e. The number of nitrogens with zero attached hydrogens (tertiary/aromatic N) is 1. The van der Waals surface area contributed by atoms with Crippen LogP contribution < -0.4 is 5.32 Å². The molecule has 1 fully saturated rings. The number of aliphatic hydroxyl groups excluding tert-OH is 1. The summed E-state index contributed by atoms with van der Waals surface area (Å²) in [7, 11) is 0. The average Bonchev–Trinajstić information content (AvgIpc) is 2.29. The van der Waals surface area contributed by atoms with Gasteiger partial charge in [0.2, 0.25) is 0 Å². The van der Waals surface area contributed by atoms with Crippen molar-refractivity contribution in [2.75, 3.05) is 0 Å². The molecule has 1 aromatic heterocycles. The Balaban J connectivity index is 2.07. The highest BCUT2D eigenvalue weighted by Crippen LogP contribution is 2.40. The standard InChI is InChI=1S/C12H15BrN2O2/c1-12(2)8(6-9(12)16)15-11(17)10-7(13)4-3-5-14-10/h3-5,8-9,16H,6H2,1-2H3,(H,15,17). The highest BCUT2D eigenvalue weighted by atomic mass is 79.9. The summed E-state index contributed by atoms with van der Waals surface area (Å²) in [6, 6.07) is 3.54. The van der Waals surface area contributed by atoms with Crippen molar-refractivity contribution in [3.05, 3.63) is 28.5 Å². The summed E-state index contributed by atoms with van der Waals surface area (Å²) in [6.07, 6.45) is 1.84. The molecule has 0 bridgehead atoms. The number of carbonyl (C=O) groups is 1. The number of aliphatic hydroxyl groups is 1. The maximum atomic E-state index is 12.0. The molecule has 1 aromatic rings. The van der Waals surface area contributed by atoms with Crippen LogP contribution in [0.1, 0.15) is 30.8 Å². The van der Waals surface area contributed by atoms with Gasteiger partial charge >= 0.3 is 0 Å². The Kier molecular flexibility index (Phi) is 3.23. The van der Waals surface area contributed by atoms with Crippen LogP contribution in [0.4, 0.5) is 0 Å². The molecule has 0 saturated heterocycles. The van der Waals surface area contributed by atoms with Gasteiger partial charge in [0.25, 0.3) is 5.91 Å². The lowest BCUT2D eigenvalue weighted by Crippen LogP contribution is -2.61. The predicted molar refractivity (Wildman–Crippen MR) is 67.6 cm³/mol. The molecule has 92 valence electrons. The molecule has 0 aliphatic heterocycles. The van der Waals surface area contributed by atoms with Crippen LogP contribution in [-0.4, -0.2) is 28.1 Å². The monoisotopic (exact) mass is 298 g/mol. The molecule has 5 heteroatoms. The van der Waals surface area contributed by atoms with Crippen LogP contribution in [0.5, 0.6) is 0 Å². The van der Waals surface area contributed by atoms with E-state index in [4.69, 9.17) is 0 Å². The quantitative estimate of drug-likeness (QED) is 0.874. The van der Waals surface area contributed by atoms with Crippen LogP contribution in [0.2, 0.25) is 0 Å². The number of nitrogens with one attached hydrogen (secondary N) is 1. The smallest absolute Gasteiger partial charge is 0.271 e. The summed E-state index contributed by atoms with van der Waals surface area (Å²) in [5, 5.41) is 12.5. The topological polar surface area (TPSA) is 62.2 Å². The van der Waals surface area contributed by atoms with Crippen molar-refractivity contribution in [2.24, 2.45) is 5.41 Å². The van der Waals surface area contributed by atoms with E-state index in [9.17, 15) is 9.90 Å². The van der Waals surface area contributed by atoms with E-state index in [0.717, 1.165) is 0 Å². The van der Waals surface area contributed by atoms with Gasteiger partial charge < -0.3 is 10.4 Å². The summed E-state index contributed by atoms with van der Waals surface area (Å²) in [5.41, 5.74) is 0.112. The zero-order valence-electron chi connectivity index (χ0n) is 9.77. The Morgan fingerprint density at radius 2 is 2.35 bits per heavy atom. The van der Waals surface area contributed by atoms with Gasteiger partial charge in [-0.15, -0.1) is 0 Å². The van der Waals surface area contributed by atoms with E-state index < -0.39 is 0 Å². The second-order valence-corrected chi connectivity index (χ2v) is 5.79. The number of rotatable bonds is 2. The first-order valence-corrected chi connectivity index (χ1v) is 6.31. The lowest BCUT2D eigenvalue weighted by molar-refractivity contribution is -0.0690. The van der Waals surface area contributed by atoms with Crippen molar-refractivity contribution in [3.8, 4) is 0 Å². The molecule has 0 aromatic carbocycles. The number of pyridine rings is 1.